The van der Waals surface area contributed by atoms with Crippen molar-refractivity contribution in [2.45, 2.75) is 96.3 Å². The Bertz CT molecular complexity index is 585. The molecule has 2 saturated carbocycles. The fourth-order valence-electron chi connectivity index (χ4n) is 6.80. The van der Waals surface area contributed by atoms with E-state index in [0.29, 0.717) is 11.8 Å². The Balaban J connectivity index is 1.45. The maximum Gasteiger partial charge on any atom is 0.303 e. The fraction of sp³-hybridized carbons (Fsp3) is 0.783. The van der Waals surface area contributed by atoms with Crippen molar-refractivity contribution in [1.29, 1.82) is 0 Å². The van der Waals surface area contributed by atoms with E-state index in [1.807, 2.05) is 5.57 Å². The minimum absolute atomic E-state index is 0.352. The smallest absolute Gasteiger partial charge is 0.303 e. The summed E-state index contributed by atoms with van der Waals surface area (Å²) in [5.74, 6) is 1.19. The van der Waals surface area contributed by atoms with E-state index in [0.717, 1.165) is 24.7 Å². The van der Waals surface area contributed by atoms with Crippen LogP contribution >= 0.6 is 0 Å². The molecule has 0 saturated heterocycles. The minimum atomic E-state index is -0.635. The molecule has 2 heteroatoms. The van der Waals surface area contributed by atoms with E-state index in [-0.39, 0.29) is 0 Å². The van der Waals surface area contributed by atoms with Crippen LogP contribution in [0.4, 0.5) is 0 Å². The van der Waals surface area contributed by atoms with Crippen molar-refractivity contribution < 1.29 is 9.90 Å². The molecule has 0 aliphatic heterocycles. The molecule has 4 rings (SSSR count). The summed E-state index contributed by atoms with van der Waals surface area (Å²) < 4.78 is 0. The molecule has 0 bridgehead atoms. The normalized spacial score (nSPS) is 34.2. The van der Waals surface area contributed by atoms with Gasteiger partial charge >= 0.3 is 5.97 Å². The van der Waals surface area contributed by atoms with Crippen molar-refractivity contribution in [3.05, 3.63) is 22.8 Å². The highest BCUT2D eigenvalue weighted by atomic mass is 16.4. The molecule has 0 heterocycles. The second-order valence-corrected chi connectivity index (χ2v) is 9.09. The molecule has 0 aromatic heterocycles. The Labute approximate surface area is 152 Å². The number of hydrogen-bond acceptors (Lipinski definition) is 1. The van der Waals surface area contributed by atoms with Crippen LogP contribution in [0.2, 0.25) is 0 Å². The molecule has 0 unspecified atom stereocenters. The number of carbonyl (C=O) groups is 1. The number of hydrogen-bond donors (Lipinski definition) is 1. The van der Waals surface area contributed by atoms with E-state index in [1.165, 1.54) is 77.0 Å². The molecule has 0 amide bonds. The summed E-state index contributed by atoms with van der Waals surface area (Å²) in [5.41, 5.74) is 6.00. The average molecular weight is 343 g/mol. The van der Waals surface area contributed by atoms with Gasteiger partial charge in [0, 0.05) is 6.42 Å². The van der Waals surface area contributed by atoms with Gasteiger partial charge in [0.25, 0.3) is 0 Å². The van der Waals surface area contributed by atoms with Gasteiger partial charge in [-0.2, -0.15) is 0 Å². The van der Waals surface area contributed by atoms with Crippen molar-refractivity contribution >= 4 is 5.97 Å². The monoisotopic (exact) mass is 342 g/mol. The highest BCUT2D eigenvalue weighted by Gasteiger charge is 2.50. The number of fused-ring (bicyclic) bond motifs is 4. The first kappa shape index (κ1) is 17.4. The molecule has 0 radical (unpaired) electrons. The van der Waals surface area contributed by atoms with Crippen LogP contribution in [0.15, 0.2) is 22.8 Å². The molecule has 3 atom stereocenters. The third kappa shape index (κ3) is 3.34. The number of unbranched alkanes of at least 4 members (excludes halogenated alkanes) is 2. The van der Waals surface area contributed by atoms with Gasteiger partial charge in [-0.05, 0) is 99.0 Å². The molecule has 25 heavy (non-hydrogen) atoms. The first-order valence-corrected chi connectivity index (χ1v) is 10.8. The lowest BCUT2D eigenvalue weighted by atomic mass is 9.56. The van der Waals surface area contributed by atoms with Crippen molar-refractivity contribution in [3.8, 4) is 0 Å². The largest absolute Gasteiger partial charge is 0.481 e. The van der Waals surface area contributed by atoms with Crippen molar-refractivity contribution in [2.75, 3.05) is 0 Å². The highest BCUT2D eigenvalue weighted by molar-refractivity contribution is 5.66. The van der Waals surface area contributed by atoms with Gasteiger partial charge in [0.15, 0.2) is 0 Å². The van der Waals surface area contributed by atoms with Gasteiger partial charge < -0.3 is 5.11 Å². The van der Waals surface area contributed by atoms with E-state index in [2.05, 4.69) is 6.08 Å². The SMILES string of the molecule is O=C(O)CCCCC[C@@]12CCC[C@H]1[C@@H]1CCC3=CCCCC3=C1CC2. The molecule has 2 nitrogen and oxygen atoms in total. The summed E-state index contributed by atoms with van der Waals surface area (Å²) in [6.45, 7) is 0. The summed E-state index contributed by atoms with van der Waals surface area (Å²) in [6, 6.07) is 0. The molecular formula is C23H34O2. The van der Waals surface area contributed by atoms with E-state index in [9.17, 15) is 4.79 Å². The summed E-state index contributed by atoms with van der Waals surface area (Å²) in [6.07, 6.45) is 21.4. The van der Waals surface area contributed by atoms with E-state index in [1.54, 1.807) is 11.1 Å². The summed E-state index contributed by atoms with van der Waals surface area (Å²) in [7, 11) is 0. The van der Waals surface area contributed by atoms with Crippen LogP contribution in [0.5, 0.6) is 0 Å². The zero-order chi connectivity index (χ0) is 17.3. The van der Waals surface area contributed by atoms with Crippen LogP contribution < -0.4 is 0 Å². The first-order valence-electron chi connectivity index (χ1n) is 10.8. The van der Waals surface area contributed by atoms with Crippen LogP contribution in [-0.4, -0.2) is 11.1 Å². The molecule has 4 aliphatic carbocycles. The quantitative estimate of drug-likeness (QED) is 0.566. The second kappa shape index (κ2) is 7.29. The van der Waals surface area contributed by atoms with Crippen LogP contribution in [0, 0.1) is 17.3 Å². The van der Waals surface area contributed by atoms with Crippen molar-refractivity contribution in [1.82, 2.24) is 0 Å². The molecule has 0 aromatic rings. The summed E-state index contributed by atoms with van der Waals surface area (Å²) in [4.78, 5) is 10.7. The van der Waals surface area contributed by atoms with Crippen molar-refractivity contribution in [3.63, 3.8) is 0 Å². The topological polar surface area (TPSA) is 37.3 Å². The molecule has 1 N–H and O–H groups in total. The fourth-order valence-corrected chi connectivity index (χ4v) is 6.80. The number of carboxylic acid groups (broad SMARTS) is 1. The standard InChI is InChI=1S/C23H34O2/c24-22(25)10-2-1-5-14-23-15-6-9-21(23)20-12-11-17-7-3-4-8-18(17)19(20)13-16-23/h7,20-21H,1-6,8-16H2,(H,24,25)/t20-,21+,23+/m1/s1. The van der Waals surface area contributed by atoms with E-state index >= 15 is 0 Å². The molecular weight excluding hydrogens is 308 g/mol. The number of allylic oxidation sites excluding steroid dienone is 4. The van der Waals surface area contributed by atoms with Crippen LogP contribution in [-0.2, 0) is 4.79 Å². The van der Waals surface area contributed by atoms with Crippen LogP contribution in [0.25, 0.3) is 0 Å². The van der Waals surface area contributed by atoms with Gasteiger partial charge in [-0.25, -0.2) is 0 Å². The Hall–Kier alpha value is -1.05. The summed E-state index contributed by atoms with van der Waals surface area (Å²) in [5, 5.41) is 8.82. The Kier molecular flexibility index (Phi) is 5.06. The second-order valence-electron chi connectivity index (χ2n) is 9.09. The average Bonchev–Trinajstić information content (AvgIpc) is 3.05. The molecule has 138 valence electrons. The molecule has 0 spiro atoms. The van der Waals surface area contributed by atoms with Gasteiger partial charge in [-0.1, -0.05) is 30.9 Å². The Morgan fingerprint density at radius 2 is 2.00 bits per heavy atom. The number of rotatable bonds is 6. The van der Waals surface area contributed by atoms with Gasteiger partial charge in [0.1, 0.15) is 0 Å². The number of carboxylic acids is 1. The zero-order valence-corrected chi connectivity index (χ0v) is 15.7. The van der Waals surface area contributed by atoms with Crippen LogP contribution in [0.3, 0.4) is 0 Å². The van der Waals surface area contributed by atoms with Crippen molar-refractivity contribution in [2.24, 2.45) is 17.3 Å². The molecule has 4 aliphatic rings. The maximum atomic E-state index is 10.7. The minimum Gasteiger partial charge on any atom is -0.481 e. The Morgan fingerprint density at radius 3 is 2.88 bits per heavy atom. The zero-order valence-electron chi connectivity index (χ0n) is 15.7. The highest BCUT2D eigenvalue weighted by Crippen LogP contribution is 2.62. The number of aliphatic carboxylic acids is 1. The van der Waals surface area contributed by atoms with E-state index < -0.39 is 5.97 Å². The first-order chi connectivity index (χ1) is 12.2. The predicted molar refractivity (Wildman–Crippen MR) is 101 cm³/mol. The lowest BCUT2D eigenvalue weighted by Gasteiger charge is -2.49. The maximum absolute atomic E-state index is 10.7. The van der Waals surface area contributed by atoms with Crippen LogP contribution in [0.1, 0.15) is 96.3 Å². The van der Waals surface area contributed by atoms with Gasteiger partial charge in [-0.3, -0.25) is 4.79 Å². The molecule has 2 fully saturated rings. The van der Waals surface area contributed by atoms with E-state index in [4.69, 9.17) is 5.11 Å². The predicted octanol–water partition coefficient (Wildman–Crippen LogP) is 6.42. The lowest BCUT2D eigenvalue weighted by Crippen LogP contribution is -2.38. The summed E-state index contributed by atoms with van der Waals surface area (Å²) >= 11 is 0. The van der Waals surface area contributed by atoms with Gasteiger partial charge in [0.2, 0.25) is 0 Å². The molecule has 0 aromatic carbocycles. The lowest BCUT2D eigenvalue weighted by molar-refractivity contribution is -0.137. The third-order valence-electron chi connectivity index (χ3n) is 7.89. The third-order valence-corrected chi connectivity index (χ3v) is 7.89. The van der Waals surface area contributed by atoms with Gasteiger partial charge in [0.05, 0.1) is 0 Å². The van der Waals surface area contributed by atoms with Gasteiger partial charge in [-0.15, -0.1) is 0 Å². The Morgan fingerprint density at radius 1 is 1.08 bits per heavy atom.